The van der Waals surface area contributed by atoms with Crippen LogP contribution in [0.4, 0.5) is 0 Å². The van der Waals surface area contributed by atoms with Crippen LogP contribution in [0.1, 0.15) is 57.3 Å². The minimum Gasteiger partial charge on any atom is -0.420 e. The zero-order chi connectivity index (χ0) is 22.9. The number of fused-ring (bicyclic) bond motifs is 3. The number of cyclic esters (lactones) is 2. The van der Waals surface area contributed by atoms with Crippen molar-refractivity contribution in [2.75, 3.05) is 0 Å². The number of nitrogens with two attached hydrogens (primary N) is 1. The molecule has 0 amide bonds. The predicted octanol–water partition coefficient (Wildman–Crippen LogP) is 2.59. The number of carbonyl (C=O) groups is 4. The summed E-state index contributed by atoms with van der Waals surface area (Å²) >= 11 is 0. The van der Waals surface area contributed by atoms with Gasteiger partial charge in [-0.05, 0) is 30.9 Å². The largest absolute Gasteiger partial charge is 0.420 e. The third-order valence-corrected chi connectivity index (χ3v) is 7.04. The molecular weight excluding hydrogens is 466 g/mol. The Morgan fingerprint density at radius 3 is 2.00 bits per heavy atom. The van der Waals surface area contributed by atoms with Crippen molar-refractivity contribution < 1.29 is 38.1 Å². The fourth-order valence-corrected chi connectivity index (χ4v) is 5.36. The molecule has 9 nitrogen and oxygen atoms in total. The molecule has 6 atom stereocenters. The number of halogens is 1. The lowest BCUT2D eigenvalue weighted by atomic mass is 9.91. The van der Waals surface area contributed by atoms with E-state index in [1.807, 2.05) is 0 Å². The molecule has 4 aliphatic rings. The molecule has 176 valence electrons. The fourth-order valence-electron chi connectivity index (χ4n) is 5.36. The van der Waals surface area contributed by atoms with E-state index in [4.69, 9.17) is 24.7 Å². The van der Waals surface area contributed by atoms with Gasteiger partial charge in [0.25, 0.3) is 12.6 Å². The summed E-state index contributed by atoms with van der Waals surface area (Å²) in [6.45, 7) is 0. The number of rotatable bonds is 4. The van der Waals surface area contributed by atoms with Crippen molar-refractivity contribution in [3.8, 4) is 0 Å². The van der Waals surface area contributed by atoms with Crippen molar-refractivity contribution in [2.24, 2.45) is 23.5 Å². The standard InChI is InChI=1S/C24H19NO8.ClH/c25-24(23(29)33-22-14-8-4-2-6-12(14)19(27)31-22)10-9-15-16(17(15)24)20(28)32-21-13-7-3-1-5-11(13)18(26)30-21;/h1-8,15-17,21-22H,9-10,25H2;1H/t15-,16-,17-,21?,22?,24-;/m0./s1. The smallest absolute Gasteiger partial charge is 0.342 e. The average molecular weight is 486 g/mol. The molecule has 0 spiro atoms. The lowest BCUT2D eigenvalue weighted by Crippen LogP contribution is -2.51. The summed E-state index contributed by atoms with van der Waals surface area (Å²) in [7, 11) is 0. The first kappa shape index (κ1) is 22.4. The maximum Gasteiger partial charge on any atom is 0.342 e. The molecule has 34 heavy (non-hydrogen) atoms. The zero-order valence-electron chi connectivity index (χ0n) is 17.7. The highest BCUT2D eigenvalue weighted by Gasteiger charge is 2.71. The van der Waals surface area contributed by atoms with Crippen molar-refractivity contribution >= 4 is 36.3 Å². The van der Waals surface area contributed by atoms with E-state index < -0.39 is 53.8 Å². The molecule has 6 rings (SSSR count). The molecule has 2 N–H and O–H groups in total. The molecule has 2 aromatic rings. The summed E-state index contributed by atoms with van der Waals surface area (Å²) < 4.78 is 21.3. The molecule has 2 aliphatic heterocycles. The zero-order valence-corrected chi connectivity index (χ0v) is 18.5. The van der Waals surface area contributed by atoms with Crippen molar-refractivity contribution in [3.05, 3.63) is 70.8 Å². The van der Waals surface area contributed by atoms with Gasteiger partial charge in [-0.2, -0.15) is 0 Å². The first-order valence-corrected chi connectivity index (χ1v) is 10.7. The number of benzene rings is 2. The van der Waals surface area contributed by atoms with Crippen LogP contribution in [0.15, 0.2) is 48.5 Å². The van der Waals surface area contributed by atoms with Crippen LogP contribution in [0.2, 0.25) is 0 Å². The second kappa shape index (κ2) is 7.82. The Balaban J connectivity index is 0.00000241. The maximum absolute atomic E-state index is 13.0. The summed E-state index contributed by atoms with van der Waals surface area (Å²) in [6.07, 6.45) is -1.39. The van der Waals surface area contributed by atoms with E-state index in [9.17, 15) is 19.2 Å². The molecule has 0 radical (unpaired) electrons. The molecule has 0 bridgehead atoms. The van der Waals surface area contributed by atoms with Gasteiger partial charge in [0.05, 0.1) is 17.0 Å². The van der Waals surface area contributed by atoms with Crippen LogP contribution in [-0.4, -0.2) is 29.4 Å². The van der Waals surface area contributed by atoms with Crippen LogP contribution in [0.5, 0.6) is 0 Å². The quantitative estimate of drug-likeness (QED) is 0.649. The minimum absolute atomic E-state index is 0. The summed E-state index contributed by atoms with van der Waals surface area (Å²) in [5.74, 6) is -3.60. The normalized spacial score (nSPS) is 31.9. The third-order valence-electron chi connectivity index (χ3n) is 7.04. The van der Waals surface area contributed by atoms with Gasteiger partial charge < -0.3 is 24.7 Å². The van der Waals surface area contributed by atoms with Crippen LogP contribution in [0.3, 0.4) is 0 Å². The fraction of sp³-hybridized carbons (Fsp3) is 0.333. The molecule has 0 saturated heterocycles. The van der Waals surface area contributed by atoms with Crippen LogP contribution in [-0.2, 0) is 28.5 Å². The van der Waals surface area contributed by atoms with Crippen molar-refractivity contribution in [1.82, 2.24) is 0 Å². The lowest BCUT2D eigenvalue weighted by molar-refractivity contribution is -0.176. The van der Waals surface area contributed by atoms with E-state index in [0.717, 1.165) is 0 Å². The van der Waals surface area contributed by atoms with Crippen LogP contribution in [0, 0.1) is 17.8 Å². The van der Waals surface area contributed by atoms with E-state index in [2.05, 4.69) is 0 Å². The van der Waals surface area contributed by atoms with Gasteiger partial charge in [-0.1, -0.05) is 36.4 Å². The molecule has 2 heterocycles. The predicted molar refractivity (Wildman–Crippen MR) is 115 cm³/mol. The van der Waals surface area contributed by atoms with Gasteiger partial charge in [0, 0.05) is 17.0 Å². The Morgan fingerprint density at radius 1 is 0.882 bits per heavy atom. The minimum atomic E-state index is -1.40. The Morgan fingerprint density at radius 2 is 1.41 bits per heavy atom. The summed E-state index contributed by atoms with van der Waals surface area (Å²) in [5.41, 5.74) is 6.69. The van der Waals surface area contributed by atoms with Crippen LogP contribution >= 0.6 is 12.4 Å². The Kier molecular flexibility index (Phi) is 5.14. The first-order chi connectivity index (χ1) is 15.9. The topological polar surface area (TPSA) is 131 Å². The van der Waals surface area contributed by atoms with Gasteiger partial charge in [0.15, 0.2) is 0 Å². The second-order valence-corrected chi connectivity index (χ2v) is 8.79. The van der Waals surface area contributed by atoms with Crippen LogP contribution < -0.4 is 5.73 Å². The molecule has 2 aliphatic carbocycles. The number of carbonyl (C=O) groups excluding carboxylic acids is 4. The van der Waals surface area contributed by atoms with E-state index in [-0.39, 0.29) is 18.3 Å². The maximum atomic E-state index is 13.0. The second-order valence-electron chi connectivity index (χ2n) is 8.79. The lowest BCUT2D eigenvalue weighted by Gasteiger charge is -2.26. The molecule has 2 aromatic carbocycles. The molecule has 10 heteroatoms. The highest BCUT2D eigenvalue weighted by atomic mass is 35.5. The van der Waals surface area contributed by atoms with Gasteiger partial charge in [0.2, 0.25) is 0 Å². The molecular formula is C24H20ClNO8. The van der Waals surface area contributed by atoms with E-state index in [0.29, 0.717) is 35.1 Å². The number of ether oxygens (including phenoxy) is 4. The Bertz CT molecular complexity index is 1230. The van der Waals surface area contributed by atoms with Crippen molar-refractivity contribution in [2.45, 2.75) is 31.0 Å². The highest BCUT2D eigenvalue weighted by molar-refractivity contribution is 5.95. The van der Waals surface area contributed by atoms with E-state index in [1.165, 1.54) is 0 Å². The van der Waals surface area contributed by atoms with Gasteiger partial charge in [-0.3, -0.25) is 4.79 Å². The van der Waals surface area contributed by atoms with E-state index in [1.54, 1.807) is 48.5 Å². The van der Waals surface area contributed by atoms with Gasteiger partial charge in [-0.15, -0.1) is 12.4 Å². The number of hydrogen-bond acceptors (Lipinski definition) is 9. The monoisotopic (exact) mass is 485 g/mol. The van der Waals surface area contributed by atoms with Crippen molar-refractivity contribution in [1.29, 1.82) is 0 Å². The highest BCUT2D eigenvalue weighted by Crippen LogP contribution is 2.62. The summed E-state index contributed by atoms with van der Waals surface area (Å²) in [5, 5.41) is 0. The summed E-state index contributed by atoms with van der Waals surface area (Å²) in [4.78, 5) is 49.9. The molecule has 2 fully saturated rings. The first-order valence-electron chi connectivity index (χ1n) is 10.7. The Hall–Kier alpha value is -3.43. The third kappa shape index (κ3) is 3.19. The van der Waals surface area contributed by atoms with E-state index >= 15 is 0 Å². The SMILES string of the molecule is Cl.N[C@@]1(C(=O)OC2OC(=O)c3ccccc32)CC[C@H]2[C@H](C(=O)OC3OC(=O)c4ccccc43)[C@H]21. The van der Waals surface area contributed by atoms with Crippen molar-refractivity contribution in [3.63, 3.8) is 0 Å². The number of esters is 4. The summed E-state index contributed by atoms with van der Waals surface area (Å²) in [6, 6.07) is 13.3. The molecule has 2 unspecified atom stereocenters. The molecule has 0 aromatic heterocycles. The molecule has 2 saturated carbocycles. The van der Waals surface area contributed by atoms with Gasteiger partial charge >= 0.3 is 23.9 Å². The average Bonchev–Trinajstić information content (AvgIpc) is 3.18. The van der Waals surface area contributed by atoms with Gasteiger partial charge in [-0.25, -0.2) is 14.4 Å². The Labute approximate surface area is 199 Å². The number of hydrogen-bond donors (Lipinski definition) is 1. The van der Waals surface area contributed by atoms with Gasteiger partial charge in [0.1, 0.15) is 5.54 Å². The van der Waals surface area contributed by atoms with Crippen LogP contribution in [0.25, 0.3) is 0 Å².